The molecule has 31 heavy (non-hydrogen) atoms. The summed E-state index contributed by atoms with van der Waals surface area (Å²) in [6.45, 7) is 0.987. The van der Waals surface area contributed by atoms with Gasteiger partial charge in [-0.25, -0.2) is 0 Å². The van der Waals surface area contributed by atoms with Gasteiger partial charge >= 0.3 is 0 Å². The highest BCUT2D eigenvalue weighted by Gasteiger charge is 2.33. The number of hydrogen-bond donors (Lipinski definition) is 1. The second kappa shape index (κ2) is 5.76. The van der Waals surface area contributed by atoms with Gasteiger partial charge in [0.05, 0.1) is 34.7 Å². The SMILES string of the molecule is NCCC1CC=Cc2c1n1c3c2c2c(c4c5c(n(c43)CN=C1)=CC(=O)CC5=O)=CN=C2. The number of rotatable bonds is 2. The predicted octanol–water partition coefficient (Wildman–Crippen LogP) is 1.40. The first-order chi connectivity index (χ1) is 15.2. The predicted molar refractivity (Wildman–Crippen MR) is 121 cm³/mol. The van der Waals surface area contributed by atoms with Crippen LogP contribution in [-0.4, -0.2) is 39.8 Å². The molecule has 7 rings (SSSR count). The molecule has 0 saturated carbocycles. The van der Waals surface area contributed by atoms with Crippen molar-refractivity contribution in [1.29, 1.82) is 0 Å². The van der Waals surface area contributed by atoms with Crippen molar-refractivity contribution >= 4 is 64.3 Å². The van der Waals surface area contributed by atoms with Crippen LogP contribution in [0.15, 0.2) is 16.1 Å². The number of nitrogens with zero attached hydrogens (tertiary/aromatic N) is 4. The van der Waals surface area contributed by atoms with Gasteiger partial charge in [0.2, 0.25) is 0 Å². The van der Waals surface area contributed by atoms with Crippen molar-refractivity contribution in [3.05, 3.63) is 39.0 Å². The van der Waals surface area contributed by atoms with Crippen LogP contribution in [0, 0.1) is 0 Å². The summed E-state index contributed by atoms with van der Waals surface area (Å²) in [6, 6.07) is 0. The van der Waals surface area contributed by atoms with Crippen molar-refractivity contribution in [2.45, 2.75) is 31.8 Å². The molecular weight excluding hydrogens is 390 g/mol. The van der Waals surface area contributed by atoms with Crippen molar-refractivity contribution in [3.8, 4) is 0 Å². The number of hydrogen-bond acceptors (Lipinski definition) is 5. The molecule has 2 N–H and O–H groups in total. The molecule has 0 spiro atoms. The van der Waals surface area contributed by atoms with Crippen LogP contribution >= 0.6 is 0 Å². The zero-order valence-corrected chi connectivity index (χ0v) is 16.8. The van der Waals surface area contributed by atoms with E-state index in [9.17, 15) is 9.59 Å². The molecule has 2 aromatic heterocycles. The van der Waals surface area contributed by atoms with E-state index in [0.29, 0.717) is 30.0 Å². The van der Waals surface area contributed by atoms with Gasteiger partial charge in [-0.05, 0) is 19.4 Å². The minimum Gasteiger partial charge on any atom is -0.330 e. The number of aromatic nitrogens is 2. The zero-order valence-electron chi connectivity index (χ0n) is 16.8. The van der Waals surface area contributed by atoms with Gasteiger partial charge in [-0.2, -0.15) is 0 Å². The second-order valence-corrected chi connectivity index (χ2v) is 8.60. The average Bonchev–Trinajstić information content (AvgIpc) is 3.38. The van der Waals surface area contributed by atoms with Gasteiger partial charge in [0.25, 0.3) is 0 Å². The molecular formula is C24H19N5O2. The summed E-state index contributed by atoms with van der Waals surface area (Å²) < 4.78 is 4.23. The molecule has 4 heterocycles. The highest BCUT2D eigenvalue weighted by atomic mass is 16.1. The third kappa shape index (κ3) is 1.97. The van der Waals surface area contributed by atoms with Crippen LogP contribution in [0.4, 0.5) is 0 Å². The van der Waals surface area contributed by atoms with Crippen LogP contribution in [-0.2, 0) is 11.5 Å². The Hall–Kier alpha value is -3.58. The van der Waals surface area contributed by atoms with Gasteiger partial charge in [-0.1, -0.05) is 12.2 Å². The van der Waals surface area contributed by atoms with E-state index >= 15 is 0 Å². The third-order valence-electron chi connectivity index (χ3n) is 6.99. The van der Waals surface area contributed by atoms with E-state index in [-0.39, 0.29) is 18.0 Å². The van der Waals surface area contributed by atoms with Crippen LogP contribution in [0.5, 0.6) is 0 Å². The summed E-state index contributed by atoms with van der Waals surface area (Å²) in [5.41, 5.74) is 12.0. The first-order valence-electron chi connectivity index (χ1n) is 10.6. The summed E-state index contributed by atoms with van der Waals surface area (Å²) in [5.74, 6) is 0.0303. The largest absolute Gasteiger partial charge is 0.330 e. The fraction of sp³-hybridized carbons (Fsp3) is 0.250. The van der Waals surface area contributed by atoms with Crippen LogP contribution in [0.3, 0.4) is 0 Å². The number of benzene rings is 1. The zero-order chi connectivity index (χ0) is 20.9. The smallest absolute Gasteiger partial charge is 0.173 e. The standard InChI is InChI=1S/C24H19N5O2/c25-5-4-12-2-1-3-14-19-15-8-26-9-16(15)20-21-17(6-13(30)7-18(21)31)28-10-27-11-29(22(12)14)23(19)24(20)28/h1,3,6,8-9,11-12H,2,4-5,7,10,25H2. The molecule has 7 heteroatoms. The maximum Gasteiger partial charge on any atom is 0.173 e. The molecule has 4 aliphatic rings. The molecule has 1 unspecified atom stereocenters. The number of ketones is 2. The Morgan fingerprint density at radius 2 is 2.06 bits per heavy atom. The van der Waals surface area contributed by atoms with E-state index in [4.69, 9.17) is 10.7 Å². The van der Waals surface area contributed by atoms with Crippen LogP contribution < -0.4 is 16.3 Å². The van der Waals surface area contributed by atoms with Crippen molar-refractivity contribution < 1.29 is 9.59 Å². The summed E-state index contributed by atoms with van der Waals surface area (Å²) in [6.07, 6.45) is 13.4. The molecule has 2 aliphatic heterocycles. The van der Waals surface area contributed by atoms with Gasteiger partial charge in [0.1, 0.15) is 6.67 Å². The maximum atomic E-state index is 13.0. The molecule has 1 aromatic carbocycles. The molecule has 0 amide bonds. The normalized spacial score (nSPS) is 20.2. The van der Waals surface area contributed by atoms with Crippen LogP contribution in [0.25, 0.3) is 40.2 Å². The highest BCUT2D eigenvalue weighted by molar-refractivity contribution is 6.29. The van der Waals surface area contributed by atoms with Crippen molar-refractivity contribution in [3.63, 3.8) is 0 Å². The first kappa shape index (κ1) is 17.1. The Kier molecular flexibility index (Phi) is 3.19. The summed E-state index contributed by atoms with van der Waals surface area (Å²) in [4.78, 5) is 34.5. The Labute approximate surface area is 176 Å². The highest BCUT2D eigenvalue weighted by Crippen LogP contribution is 2.42. The third-order valence-corrected chi connectivity index (χ3v) is 6.99. The number of allylic oxidation sites excluding steroid dienone is 1. The second-order valence-electron chi connectivity index (χ2n) is 8.60. The van der Waals surface area contributed by atoms with Crippen LogP contribution in [0.1, 0.15) is 52.4 Å². The summed E-state index contributed by atoms with van der Waals surface area (Å²) in [7, 11) is 0. The number of aliphatic imine (C=N–C) groups is 2. The van der Waals surface area contributed by atoms with E-state index in [1.165, 1.54) is 11.3 Å². The number of Topliss-reactive ketones (excluding diaryl/α,β-unsaturated/α-hetero) is 2. The fourth-order valence-electron chi connectivity index (χ4n) is 5.85. The molecule has 3 aromatic rings. The Bertz CT molecular complexity index is 1610. The minimum atomic E-state index is -0.154. The number of carbonyl (C=O) groups is 2. The first-order valence-corrected chi connectivity index (χ1v) is 10.6. The average molecular weight is 409 g/mol. The monoisotopic (exact) mass is 409 g/mol. The van der Waals surface area contributed by atoms with E-state index in [1.54, 1.807) is 6.08 Å². The Morgan fingerprint density at radius 3 is 2.94 bits per heavy atom. The molecule has 0 radical (unpaired) electrons. The van der Waals surface area contributed by atoms with E-state index < -0.39 is 0 Å². The van der Waals surface area contributed by atoms with Gasteiger partial charge in [-0.15, -0.1) is 0 Å². The summed E-state index contributed by atoms with van der Waals surface area (Å²) in [5, 5.41) is 3.66. The van der Waals surface area contributed by atoms with Gasteiger partial charge in [0, 0.05) is 57.2 Å². The van der Waals surface area contributed by atoms with Crippen molar-refractivity contribution in [1.82, 2.24) is 9.13 Å². The van der Waals surface area contributed by atoms with E-state index in [1.807, 2.05) is 23.3 Å². The molecule has 7 nitrogen and oxygen atoms in total. The molecule has 0 fully saturated rings. The lowest BCUT2D eigenvalue weighted by molar-refractivity contribution is -0.112. The quantitative estimate of drug-likeness (QED) is 0.648. The summed E-state index contributed by atoms with van der Waals surface area (Å²) >= 11 is 0. The topological polar surface area (TPSA) is 94.7 Å². The van der Waals surface area contributed by atoms with E-state index in [2.05, 4.69) is 21.7 Å². The molecule has 0 saturated heterocycles. The number of nitrogens with two attached hydrogens (primary N) is 1. The number of carbonyl (C=O) groups excluding carboxylic acids is 2. The lowest BCUT2D eigenvalue weighted by Gasteiger charge is -2.20. The maximum absolute atomic E-state index is 13.0. The lowest BCUT2D eigenvalue weighted by atomic mass is 9.88. The fourth-order valence-corrected chi connectivity index (χ4v) is 5.85. The lowest BCUT2D eigenvalue weighted by Crippen LogP contribution is -2.29. The Balaban J connectivity index is 1.79. The molecule has 0 bridgehead atoms. The van der Waals surface area contributed by atoms with Crippen LogP contribution in [0.2, 0.25) is 0 Å². The minimum absolute atomic E-state index is 0.0815. The van der Waals surface area contributed by atoms with Crippen molar-refractivity contribution in [2.75, 3.05) is 6.54 Å². The Morgan fingerprint density at radius 1 is 1.16 bits per heavy atom. The molecule has 152 valence electrons. The van der Waals surface area contributed by atoms with Crippen molar-refractivity contribution in [2.24, 2.45) is 15.7 Å². The number of fused-ring (bicyclic) bond motifs is 9. The van der Waals surface area contributed by atoms with E-state index in [0.717, 1.165) is 45.4 Å². The van der Waals surface area contributed by atoms with Gasteiger partial charge in [-0.3, -0.25) is 19.6 Å². The van der Waals surface area contributed by atoms with Gasteiger partial charge < -0.3 is 14.9 Å². The molecule has 2 aliphatic carbocycles. The molecule has 1 atom stereocenters. The van der Waals surface area contributed by atoms with Gasteiger partial charge in [0.15, 0.2) is 11.6 Å².